The summed E-state index contributed by atoms with van der Waals surface area (Å²) >= 11 is 0. The van der Waals surface area contributed by atoms with Gasteiger partial charge in [-0.25, -0.2) is 8.42 Å². The van der Waals surface area contributed by atoms with Gasteiger partial charge in [-0.05, 0) is 25.7 Å². The fraction of sp³-hybridized carbons (Fsp3) is 1.00. The standard InChI is InChI=1S/C14H27NO4S/c1-12(18-2)11-20(16,17)15-8-9-19-14(10-15)13-6-4-3-5-7-13/h12-14H,3-11H2,1-2H3/t12-,14+/m1/s1. The molecule has 0 bridgehead atoms. The minimum atomic E-state index is -3.24. The van der Waals surface area contributed by atoms with E-state index in [9.17, 15) is 8.42 Å². The first-order valence-corrected chi connectivity index (χ1v) is 9.26. The second-order valence-electron chi connectivity index (χ2n) is 5.99. The molecule has 0 aromatic rings. The number of sulfonamides is 1. The van der Waals surface area contributed by atoms with E-state index in [1.165, 1.54) is 32.1 Å². The van der Waals surface area contributed by atoms with Gasteiger partial charge in [-0.15, -0.1) is 0 Å². The summed E-state index contributed by atoms with van der Waals surface area (Å²) in [6.45, 7) is 3.30. The van der Waals surface area contributed by atoms with Gasteiger partial charge in [0.05, 0.1) is 24.6 Å². The van der Waals surface area contributed by atoms with Crippen LogP contribution < -0.4 is 0 Å². The Bertz CT molecular complexity index is 392. The van der Waals surface area contributed by atoms with E-state index in [0.29, 0.717) is 25.6 Å². The molecule has 2 aliphatic rings. The molecule has 1 saturated carbocycles. The van der Waals surface area contributed by atoms with Crippen molar-refractivity contribution in [2.75, 3.05) is 32.6 Å². The van der Waals surface area contributed by atoms with Crippen LogP contribution in [-0.4, -0.2) is 57.5 Å². The molecule has 1 heterocycles. The van der Waals surface area contributed by atoms with E-state index in [0.717, 1.165) is 0 Å². The smallest absolute Gasteiger partial charge is 0.216 e. The molecule has 2 atom stereocenters. The normalized spacial score (nSPS) is 28.4. The highest BCUT2D eigenvalue weighted by atomic mass is 32.2. The van der Waals surface area contributed by atoms with E-state index >= 15 is 0 Å². The highest BCUT2D eigenvalue weighted by molar-refractivity contribution is 7.89. The summed E-state index contributed by atoms with van der Waals surface area (Å²) in [5.74, 6) is 0.586. The van der Waals surface area contributed by atoms with E-state index in [2.05, 4.69) is 0 Å². The van der Waals surface area contributed by atoms with Crippen LogP contribution in [0.25, 0.3) is 0 Å². The van der Waals surface area contributed by atoms with Crippen LogP contribution in [0.2, 0.25) is 0 Å². The number of rotatable bonds is 5. The van der Waals surface area contributed by atoms with Crippen molar-refractivity contribution in [1.82, 2.24) is 4.31 Å². The Labute approximate surface area is 122 Å². The third-order valence-electron chi connectivity index (χ3n) is 4.47. The van der Waals surface area contributed by atoms with Gasteiger partial charge in [0.1, 0.15) is 0 Å². The average molecular weight is 305 g/mol. The Morgan fingerprint density at radius 1 is 1.30 bits per heavy atom. The summed E-state index contributed by atoms with van der Waals surface area (Å²) in [5.41, 5.74) is 0. The van der Waals surface area contributed by atoms with Crippen LogP contribution in [0.5, 0.6) is 0 Å². The molecule has 20 heavy (non-hydrogen) atoms. The van der Waals surface area contributed by atoms with E-state index in [4.69, 9.17) is 9.47 Å². The number of nitrogens with zero attached hydrogens (tertiary/aromatic N) is 1. The summed E-state index contributed by atoms with van der Waals surface area (Å²) < 4.78 is 37.3. The first-order valence-electron chi connectivity index (χ1n) is 7.65. The SMILES string of the molecule is CO[C@H](C)CS(=O)(=O)N1CCO[C@H](C2CCCCC2)C1. The molecule has 0 radical (unpaired) electrons. The minimum Gasteiger partial charge on any atom is -0.381 e. The minimum absolute atomic E-state index is 0.0564. The second kappa shape index (κ2) is 7.20. The Kier molecular flexibility index (Phi) is 5.84. The van der Waals surface area contributed by atoms with Crippen molar-refractivity contribution < 1.29 is 17.9 Å². The third-order valence-corrected chi connectivity index (χ3v) is 6.48. The molecule has 1 aliphatic heterocycles. The molecule has 6 heteroatoms. The van der Waals surface area contributed by atoms with Gasteiger partial charge in [-0.3, -0.25) is 0 Å². The maximum absolute atomic E-state index is 12.4. The fourth-order valence-electron chi connectivity index (χ4n) is 3.16. The van der Waals surface area contributed by atoms with Crippen LogP contribution in [-0.2, 0) is 19.5 Å². The van der Waals surface area contributed by atoms with Gasteiger partial charge in [0.2, 0.25) is 10.0 Å². The Balaban J connectivity index is 1.95. The molecule has 0 aromatic carbocycles. The molecule has 0 N–H and O–H groups in total. The molecular weight excluding hydrogens is 278 g/mol. The van der Waals surface area contributed by atoms with E-state index in [-0.39, 0.29) is 18.0 Å². The predicted molar refractivity (Wildman–Crippen MR) is 78.1 cm³/mol. The van der Waals surface area contributed by atoms with Crippen molar-refractivity contribution in [2.45, 2.75) is 51.2 Å². The molecule has 118 valence electrons. The zero-order chi connectivity index (χ0) is 14.6. The van der Waals surface area contributed by atoms with Crippen LogP contribution >= 0.6 is 0 Å². The first kappa shape index (κ1) is 16.2. The first-order chi connectivity index (χ1) is 9.53. The summed E-state index contributed by atoms with van der Waals surface area (Å²) in [7, 11) is -1.69. The third kappa shape index (κ3) is 4.16. The molecule has 2 fully saturated rings. The van der Waals surface area contributed by atoms with Crippen LogP contribution in [0, 0.1) is 5.92 Å². The lowest BCUT2D eigenvalue weighted by Crippen LogP contribution is -2.50. The van der Waals surface area contributed by atoms with Crippen molar-refractivity contribution in [3.05, 3.63) is 0 Å². The Hall–Kier alpha value is -0.170. The van der Waals surface area contributed by atoms with Crippen molar-refractivity contribution in [3.63, 3.8) is 0 Å². The van der Waals surface area contributed by atoms with Gasteiger partial charge in [-0.1, -0.05) is 19.3 Å². The lowest BCUT2D eigenvalue weighted by atomic mass is 9.85. The van der Waals surface area contributed by atoms with Crippen LogP contribution in [0.1, 0.15) is 39.0 Å². The van der Waals surface area contributed by atoms with Gasteiger partial charge in [-0.2, -0.15) is 4.31 Å². The number of hydrogen-bond acceptors (Lipinski definition) is 4. The lowest BCUT2D eigenvalue weighted by Gasteiger charge is -2.38. The molecule has 1 saturated heterocycles. The summed E-state index contributed by atoms with van der Waals surface area (Å²) in [5, 5.41) is 0. The Morgan fingerprint density at radius 3 is 2.65 bits per heavy atom. The van der Waals surface area contributed by atoms with Crippen LogP contribution in [0.15, 0.2) is 0 Å². The summed E-state index contributed by atoms with van der Waals surface area (Å²) in [6, 6.07) is 0. The summed E-state index contributed by atoms with van der Waals surface area (Å²) in [6.07, 6.45) is 5.96. The zero-order valence-electron chi connectivity index (χ0n) is 12.6. The molecule has 2 rings (SSSR count). The van der Waals surface area contributed by atoms with Crippen molar-refractivity contribution in [2.24, 2.45) is 5.92 Å². The molecule has 0 spiro atoms. The lowest BCUT2D eigenvalue weighted by molar-refractivity contribution is -0.0433. The van der Waals surface area contributed by atoms with Gasteiger partial charge in [0.15, 0.2) is 0 Å². The highest BCUT2D eigenvalue weighted by Crippen LogP contribution is 2.30. The largest absolute Gasteiger partial charge is 0.381 e. The second-order valence-corrected chi connectivity index (χ2v) is 8.00. The molecular formula is C14H27NO4S. The molecule has 5 nitrogen and oxygen atoms in total. The highest BCUT2D eigenvalue weighted by Gasteiger charge is 2.34. The van der Waals surface area contributed by atoms with E-state index < -0.39 is 10.0 Å². The Morgan fingerprint density at radius 2 is 2.00 bits per heavy atom. The fourth-order valence-corrected chi connectivity index (χ4v) is 4.83. The van der Waals surface area contributed by atoms with E-state index in [1.54, 1.807) is 18.3 Å². The number of ether oxygens (including phenoxy) is 2. The number of methoxy groups -OCH3 is 1. The average Bonchev–Trinajstić information content (AvgIpc) is 2.48. The monoisotopic (exact) mass is 305 g/mol. The molecule has 0 aromatic heterocycles. The van der Waals surface area contributed by atoms with Crippen LogP contribution in [0.3, 0.4) is 0 Å². The van der Waals surface area contributed by atoms with Gasteiger partial charge < -0.3 is 9.47 Å². The maximum Gasteiger partial charge on any atom is 0.216 e. The molecule has 0 amide bonds. The summed E-state index contributed by atoms with van der Waals surface area (Å²) in [4.78, 5) is 0. The molecule has 1 aliphatic carbocycles. The van der Waals surface area contributed by atoms with E-state index in [1.807, 2.05) is 0 Å². The van der Waals surface area contributed by atoms with Gasteiger partial charge in [0.25, 0.3) is 0 Å². The topological polar surface area (TPSA) is 55.8 Å². The van der Waals surface area contributed by atoms with Crippen molar-refractivity contribution in [3.8, 4) is 0 Å². The number of hydrogen-bond donors (Lipinski definition) is 0. The van der Waals surface area contributed by atoms with Crippen LogP contribution in [0.4, 0.5) is 0 Å². The quantitative estimate of drug-likeness (QED) is 0.775. The zero-order valence-corrected chi connectivity index (χ0v) is 13.4. The van der Waals surface area contributed by atoms with Gasteiger partial charge >= 0.3 is 0 Å². The number of morpholine rings is 1. The molecule has 0 unspecified atom stereocenters. The predicted octanol–water partition coefficient (Wildman–Crippen LogP) is 1.63. The maximum atomic E-state index is 12.4. The van der Waals surface area contributed by atoms with Gasteiger partial charge in [0, 0.05) is 20.2 Å². The van der Waals surface area contributed by atoms with Crippen molar-refractivity contribution >= 4 is 10.0 Å². The van der Waals surface area contributed by atoms with Crippen molar-refractivity contribution in [1.29, 1.82) is 0 Å².